The van der Waals surface area contributed by atoms with E-state index in [9.17, 15) is 14.4 Å². The van der Waals surface area contributed by atoms with E-state index in [1.54, 1.807) is 0 Å². The lowest BCUT2D eigenvalue weighted by Crippen LogP contribution is -2.20. The number of Topliss-reactive ketones (excluding diaryl/α,β-unsaturated/α-hetero) is 1. The Bertz CT molecular complexity index is 1100. The summed E-state index contributed by atoms with van der Waals surface area (Å²) in [5.74, 6) is -1.44. The third-order valence-corrected chi connectivity index (χ3v) is 6.74. The van der Waals surface area contributed by atoms with Gasteiger partial charge in [-0.15, -0.1) is 22.7 Å². The Morgan fingerprint density at radius 2 is 1.12 bits per heavy atom. The number of thiazole rings is 2. The highest BCUT2D eigenvalue weighted by Crippen LogP contribution is 2.23. The lowest BCUT2D eigenvalue weighted by Gasteiger charge is -2.05. The van der Waals surface area contributed by atoms with Crippen molar-refractivity contribution in [3.63, 3.8) is 0 Å². The molecule has 4 rings (SSSR count). The Labute approximate surface area is 192 Å². The van der Waals surface area contributed by atoms with Crippen molar-refractivity contribution in [2.24, 2.45) is 0 Å². The van der Waals surface area contributed by atoms with Gasteiger partial charge in [0.25, 0.3) is 0 Å². The van der Waals surface area contributed by atoms with Gasteiger partial charge in [0.2, 0.25) is 5.78 Å². The maximum absolute atomic E-state index is 11.9. The van der Waals surface area contributed by atoms with Crippen molar-refractivity contribution >= 4 is 60.8 Å². The molecule has 0 fully saturated rings. The van der Waals surface area contributed by atoms with Gasteiger partial charge in [-0.1, -0.05) is 24.3 Å². The Balaban J connectivity index is 1.12. The summed E-state index contributed by atoms with van der Waals surface area (Å²) in [6.07, 6.45) is 1.17. The zero-order valence-electron chi connectivity index (χ0n) is 17.1. The van der Waals surface area contributed by atoms with Gasteiger partial charge in [0.05, 0.1) is 43.3 Å². The smallest absolute Gasteiger partial charge is 0.306 e. The molecule has 0 saturated heterocycles. The highest BCUT2D eigenvalue weighted by Gasteiger charge is 2.13. The van der Waals surface area contributed by atoms with E-state index in [0.29, 0.717) is 12.8 Å². The third kappa shape index (κ3) is 5.95. The van der Waals surface area contributed by atoms with Crippen LogP contribution in [0.15, 0.2) is 48.5 Å². The normalized spacial score (nSPS) is 11.0. The van der Waals surface area contributed by atoms with Gasteiger partial charge in [0.15, 0.2) is 13.2 Å². The molecule has 7 nitrogen and oxygen atoms in total. The van der Waals surface area contributed by atoms with E-state index in [4.69, 9.17) is 9.47 Å². The van der Waals surface area contributed by atoms with E-state index >= 15 is 0 Å². The number of carbonyl (C=O) groups is 3. The first-order chi connectivity index (χ1) is 15.6. The maximum atomic E-state index is 11.9. The van der Waals surface area contributed by atoms with Gasteiger partial charge in [-0.2, -0.15) is 0 Å². The minimum absolute atomic E-state index is 0.134. The molecule has 0 saturated carbocycles. The van der Waals surface area contributed by atoms with E-state index in [1.165, 1.54) is 22.7 Å². The summed E-state index contributed by atoms with van der Waals surface area (Å²) in [6.45, 7) is -0.826. The number of para-hydroxylation sites is 2. The predicted molar refractivity (Wildman–Crippen MR) is 123 cm³/mol. The van der Waals surface area contributed by atoms with Crippen LogP contribution in [-0.4, -0.2) is 40.9 Å². The first kappa shape index (κ1) is 22.0. The molecule has 0 aliphatic carbocycles. The molecule has 32 heavy (non-hydrogen) atoms. The minimum atomic E-state index is -0.486. The second kappa shape index (κ2) is 10.4. The zero-order valence-corrected chi connectivity index (χ0v) is 18.7. The molecule has 2 aromatic carbocycles. The number of esters is 2. The molecule has 4 aromatic rings. The summed E-state index contributed by atoms with van der Waals surface area (Å²) in [5.41, 5.74) is 1.81. The van der Waals surface area contributed by atoms with Crippen molar-refractivity contribution in [1.29, 1.82) is 0 Å². The van der Waals surface area contributed by atoms with Crippen molar-refractivity contribution in [2.75, 3.05) is 13.2 Å². The van der Waals surface area contributed by atoms with E-state index in [2.05, 4.69) is 9.97 Å². The standard InChI is InChI=1S/C23H20N2O5S2/c26-15(13-29-22(27)11-9-20-24-16-5-1-3-7-18(16)31-20)14-30-23(28)12-10-21-25-17-6-2-4-8-19(17)32-21/h1-8H,9-14H2. The second-order valence-electron chi connectivity index (χ2n) is 7.01. The summed E-state index contributed by atoms with van der Waals surface area (Å²) >= 11 is 3.06. The first-order valence-electron chi connectivity index (χ1n) is 10.1. The number of aromatic nitrogens is 2. The number of fused-ring (bicyclic) bond motifs is 2. The van der Waals surface area contributed by atoms with Crippen LogP contribution in [0.25, 0.3) is 20.4 Å². The van der Waals surface area contributed by atoms with Gasteiger partial charge in [-0.3, -0.25) is 14.4 Å². The fraction of sp³-hybridized carbons (Fsp3) is 0.261. The number of ketones is 1. The maximum Gasteiger partial charge on any atom is 0.306 e. The van der Waals surface area contributed by atoms with Gasteiger partial charge in [0.1, 0.15) is 0 Å². The van der Waals surface area contributed by atoms with E-state index in [1.807, 2.05) is 48.5 Å². The van der Waals surface area contributed by atoms with E-state index < -0.39 is 30.9 Å². The number of benzene rings is 2. The van der Waals surface area contributed by atoms with Crippen LogP contribution >= 0.6 is 22.7 Å². The number of hydrogen-bond donors (Lipinski definition) is 0. The van der Waals surface area contributed by atoms with Crippen molar-refractivity contribution < 1.29 is 23.9 Å². The molecule has 0 N–H and O–H groups in total. The van der Waals surface area contributed by atoms with E-state index in [0.717, 1.165) is 30.4 Å². The number of nitrogens with zero attached hydrogens (tertiary/aromatic N) is 2. The Morgan fingerprint density at radius 1 is 0.688 bits per heavy atom. The molecule has 0 spiro atoms. The van der Waals surface area contributed by atoms with Crippen LogP contribution in [-0.2, 0) is 36.7 Å². The Hall–Kier alpha value is -3.17. The summed E-state index contributed by atoms with van der Waals surface area (Å²) in [7, 11) is 0. The number of hydrogen-bond acceptors (Lipinski definition) is 9. The van der Waals surface area contributed by atoms with Crippen molar-refractivity contribution in [3.05, 3.63) is 58.5 Å². The molecule has 0 bridgehead atoms. The highest BCUT2D eigenvalue weighted by molar-refractivity contribution is 7.18. The largest absolute Gasteiger partial charge is 0.458 e. The molecular weight excluding hydrogens is 448 g/mol. The first-order valence-corrected chi connectivity index (χ1v) is 11.7. The average Bonchev–Trinajstić information content (AvgIpc) is 3.41. The summed E-state index contributed by atoms with van der Waals surface area (Å²) in [5, 5.41) is 1.69. The van der Waals surface area contributed by atoms with Crippen molar-refractivity contribution in [3.8, 4) is 0 Å². The molecular formula is C23H20N2O5S2. The molecule has 0 amide bonds. The van der Waals surface area contributed by atoms with Gasteiger partial charge in [-0.25, -0.2) is 9.97 Å². The number of ether oxygens (including phenoxy) is 2. The van der Waals surface area contributed by atoms with Gasteiger partial charge < -0.3 is 9.47 Å². The van der Waals surface area contributed by atoms with Gasteiger partial charge in [0, 0.05) is 12.8 Å². The quantitative estimate of drug-likeness (QED) is 0.323. The summed E-state index contributed by atoms with van der Waals surface area (Å²) in [4.78, 5) is 44.6. The highest BCUT2D eigenvalue weighted by atomic mass is 32.1. The molecule has 0 atom stereocenters. The number of rotatable bonds is 10. The monoisotopic (exact) mass is 468 g/mol. The zero-order chi connectivity index (χ0) is 22.3. The third-order valence-electron chi connectivity index (χ3n) is 4.55. The van der Waals surface area contributed by atoms with Crippen LogP contribution in [0.2, 0.25) is 0 Å². The van der Waals surface area contributed by atoms with Crippen LogP contribution in [0, 0.1) is 0 Å². The molecule has 0 aliphatic heterocycles. The van der Waals surface area contributed by atoms with Crippen molar-refractivity contribution in [1.82, 2.24) is 9.97 Å². The fourth-order valence-corrected chi connectivity index (χ4v) is 4.91. The Kier molecular flexibility index (Phi) is 7.18. The van der Waals surface area contributed by atoms with Crippen LogP contribution in [0.1, 0.15) is 22.9 Å². The lowest BCUT2D eigenvalue weighted by atomic mass is 10.3. The van der Waals surface area contributed by atoms with Gasteiger partial charge >= 0.3 is 11.9 Å². The van der Waals surface area contributed by atoms with Crippen LogP contribution in [0.5, 0.6) is 0 Å². The van der Waals surface area contributed by atoms with Gasteiger partial charge in [-0.05, 0) is 24.3 Å². The number of carbonyl (C=O) groups excluding carboxylic acids is 3. The summed E-state index contributed by atoms with van der Waals surface area (Å²) < 4.78 is 12.1. The molecule has 0 radical (unpaired) electrons. The Morgan fingerprint density at radius 3 is 1.56 bits per heavy atom. The molecule has 9 heteroatoms. The molecule has 164 valence electrons. The minimum Gasteiger partial charge on any atom is -0.458 e. The summed E-state index contributed by atoms with van der Waals surface area (Å²) in [6, 6.07) is 15.5. The molecule has 0 aliphatic rings. The lowest BCUT2D eigenvalue weighted by molar-refractivity contribution is -0.153. The van der Waals surface area contributed by atoms with Crippen molar-refractivity contribution in [2.45, 2.75) is 25.7 Å². The SMILES string of the molecule is O=C(COC(=O)CCc1nc2ccccc2s1)COC(=O)CCc1nc2ccccc2s1. The topological polar surface area (TPSA) is 95.5 Å². The average molecular weight is 469 g/mol. The number of aryl methyl sites for hydroxylation is 2. The molecule has 2 heterocycles. The molecule has 0 unspecified atom stereocenters. The molecule has 2 aromatic heterocycles. The van der Waals surface area contributed by atoms with Crippen LogP contribution in [0.3, 0.4) is 0 Å². The van der Waals surface area contributed by atoms with Crippen LogP contribution < -0.4 is 0 Å². The second-order valence-corrected chi connectivity index (χ2v) is 9.24. The predicted octanol–water partition coefficient (Wildman–Crippen LogP) is 4.13. The van der Waals surface area contributed by atoms with E-state index in [-0.39, 0.29) is 12.8 Å². The van der Waals surface area contributed by atoms with Crippen LogP contribution in [0.4, 0.5) is 0 Å². The fourth-order valence-electron chi connectivity index (χ4n) is 2.98.